The van der Waals surface area contributed by atoms with Crippen molar-refractivity contribution >= 4 is 11.8 Å². The third-order valence-corrected chi connectivity index (χ3v) is 3.98. The first-order valence-corrected chi connectivity index (χ1v) is 8.04. The summed E-state index contributed by atoms with van der Waals surface area (Å²) in [4.78, 5) is 26.2. The zero-order valence-electron chi connectivity index (χ0n) is 14.4. The normalized spacial score (nSPS) is 23.2. The SMILES string of the molecule is C=C/C(=C\C1=C(C)C(=O)N(C2CCCNC2=O)C1)OC(C)(C)C. The summed E-state index contributed by atoms with van der Waals surface area (Å²) < 4.78 is 5.83. The average molecular weight is 318 g/mol. The van der Waals surface area contributed by atoms with Crippen LogP contribution in [0.5, 0.6) is 0 Å². The van der Waals surface area contributed by atoms with Crippen molar-refractivity contribution in [3.8, 4) is 0 Å². The fraction of sp³-hybridized carbons (Fsp3) is 0.556. The molecule has 1 atom stereocenters. The molecule has 2 rings (SSSR count). The molecule has 0 aromatic carbocycles. The summed E-state index contributed by atoms with van der Waals surface area (Å²) in [6.45, 7) is 12.6. The van der Waals surface area contributed by atoms with Crippen LogP contribution < -0.4 is 5.32 Å². The van der Waals surface area contributed by atoms with Gasteiger partial charge in [-0.15, -0.1) is 0 Å². The minimum atomic E-state index is -0.368. The number of carbonyl (C=O) groups is 2. The van der Waals surface area contributed by atoms with E-state index in [-0.39, 0.29) is 23.5 Å². The maximum atomic E-state index is 12.5. The molecule has 2 aliphatic rings. The summed E-state index contributed by atoms with van der Waals surface area (Å²) in [5.74, 6) is 0.504. The van der Waals surface area contributed by atoms with Crippen LogP contribution in [0.3, 0.4) is 0 Å². The molecule has 0 radical (unpaired) electrons. The van der Waals surface area contributed by atoms with Gasteiger partial charge in [0.25, 0.3) is 5.91 Å². The van der Waals surface area contributed by atoms with Crippen molar-refractivity contribution in [2.24, 2.45) is 0 Å². The molecule has 23 heavy (non-hydrogen) atoms. The van der Waals surface area contributed by atoms with Crippen LogP contribution in [0.25, 0.3) is 0 Å². The first kappa shape index (κ1) is 17.3. The minimum absolute atomic E-state index is 0.0579. The Hall–Kier alpha value is -2.04. The minimum Gasteiger partial charge on any atom is -0.488 e. The lowest BCUT2D eigenvalue weighted by atomic mass is 10.1. The molecule has 1 unspecified atom stereocenters. The van der Waals surface area contributed by atoms with Crippen LogP contribution in [0.15, 0.2) is 35.6 Å². The van der Waals surface area contributed by atoms with Crippen LogP contribution in [0.1, 0.15) is 40.5 Å². The van der Waals surface area contributed by atoms with E-state index < -0.39 is 0 Å². The number of amides is 2. The monoisotopic (exact) mass is 318 g/mol. The molecule has 0 bridgehead atoms. The Balaban J connectivity index is 2.19. The number of rotatable bonds is 4. The Morgan fingerprint density at radius 1 is 1.39 bits per heavy atom. The number of ether oxygens (including phenoxy) is 1. The van der Waals surface area contributed by atoms with Crippen molar-refractivity contribution in [3.63, 3.8) is 0 Å². The van der Waals surface area contributed by atoms with Gasteiger partial charge in [0.05, 0.1) is 0 Å². The van der Waals surface area contributed by atoms with Gasteiger partial charge in [-0.2, -0.15) is 0 Å². The first-order valence-electron chi connectivity index (χ1n) is 8.04. The van der Waals surface area contributed by atoms with E-state index in [1.54, 1.807) is 17.9 Å². The lowest BCUT2D eigenvalue weighted by molar-refractivity contribution is -0.137. The first-order chi connectivity index (χ1) is 10.7. The zero-order valence-corrected chi connectivity index (χ0v) is 14.4. The maximum Gasteiger partial charge on any atom is 0.250 e. The van der Waals surface area contributed by atoms with E-state index in [0.717, 1.165) is 12.0 Å². The molecule has 1 N–H and O–H groups in total. The smallest absolute Gasteiger partial charge is 0.250 e. The third-order valence-electron chi connectivity index (χ3n) is 3.98. The third kappa shape index (κ3) is 4.03. The molecule has 5 nitrogen and oxygen atoms in total. The largest absolute Gasteiger partial charge is 0.488 e. The van der Waals surface area contributed by atoms with Gasteiger partial charge in [0.2, 0.25) is 5.91 Å². The summed E-state index contributed by atoms with van der Waals surface area (Å²) >= 11 is 0. The van der Waals surface area contributed by atoms with E-state index in [2.05, 4.69) is 11.9 Å². The molecule has 0 aromatic rings. The van der Waals surface area contributed by atoms with Gasteiger partial charge in [0, 0.05) is 18.7 Å². The van der Waals surface area contributed by atoms with E-state index in [9.17, 15) is 9.59 Å². The highest BCUT2D eigenvalue weighted by atomic mass is 16.5. The van der Waals surface area contributed by atoms with E-state index in [1.807, 2.05) is 26.8 Å². The maximum absolute atomic E-state index is 12.5. The van der Waals surface area contributed by atoms with E-state index in [1.165, 1.54) is 0 Å². The number of hydrogen-bond donors (Lipinski definition) is 1. The molecule has 0 aromatic heterocycles. The second-order valence-corrected chi connectivity index (χ2v) is 7.00. The van der Waals surface area contributed by atoms with Crippen LogP contribution >= 0.6 is 0 Å². The Morgan fingerprint density at radius 3 is 2.65 bits per heavy atom. The summed E-state index contributed by atoms with van der Waals surface area (Å²) in [7, 11) is 0. The predicted octanol–water partition coefficient (Wildman–Crippen LogP) is 2.31. The van der Waals surface area contributed by atoms with Gasteiger partial charge >= 0.3 is 0 Å². The molecule has 0 aliphatic carbocycles. The molecule has 2 heterocycles. The van der Waals surface area contributed by atoms with Gasteiger partial charge in [0.15, 0.2) is 0 Å². The Morgan fingerprint density at radius 2 is 2.09 bits per heavy atom. The molecule has 0 saturated carbocycles. The van der Waals surface area contributed by atoms with Crippen molar-refractivity contribution in [2.45, 2.75) is 52.2 Å². The summed E-state index contributed by atoms with van der Waals surface area (Å²) in [5, 5.41) is 2.83. The molecule has 5 heteroatoms. The Bertz CT molecular complexity index is 582. The Labute approximate surface area is 138 Å². The van der Waals surface area contributed by atoms with Gasteiger partial charge < -0.3 is 15.0 Å². The van der Waals surface area contributed by atoms with Gasteiger partial charge in [-0.05, 0) is 58.3 Å². The highest BCUT2D eigenvalue weighted by molar-refractivity contribution is 6.00. The van der Waals surface area contributed by atoms with Gasteiger partial charge in [-0.25, -0.2) is 0 Å². The average Bonchev–Trinajstić information content (AvgIpc) is 2.74. The number of nitrogens with one attached hydrogen (secondary N) is 1. The second-order valence-electron chi connectivity index (χ2n) is 7.00. The number of piperidine rings is 1. The lowest BCUT2D eigenvalue weighted by Gasteiger charge is -2.30. The summed E-state index contributed by atoms with van der Waals surface area (Å²) in [6.07, 6.45) is 5.11. The quantitative estimate of drug-likeness (QED) is 0.639. The van der Waals surface area contributed by atoms with Crippen LogP contribution in [0.4, 0.5) is 0 Å². The molecule has 2 aliphatic heterocycles. The molecule has 126 valence electrons. The lowest BCUT2D eigenvalue weighted by Crippen LogP contribution is -2.51. The van der Waals surface area contributed by atoms with Crippen molar-refractivity contribution in [1.29, 1.82) is 0 Å². The second kappa shape index (κ2) is 6.60. The molecular formula is C18H26N2O3. The molecule has 1 fully saturated rings. The fourth-order valence-electron chi connectivity index (χ4n) is 2.84. The predicted molar refractivity (Wildman–Crippen MR) is 89.6 cm³/mol. The number of nitrogens with zero attached hydrogens (tertiary/aromatic N) is 1. The Kier molecular flexibility index (Phi) is 4.97. The van der Waals surface area contributed by atoms with Crippen LogP contribution in [-0.4, -0.2) is 41.4 Å². The molecular weight excluding hydrogens is 292 g/mol. The zero-order chi connectivity index (χ0) is 17.2. The van der Waals surface area contributed by atoms with Gasteiger partial charge in [-0.3, -0.25) is 9.59 Å². The number of carbonyl (C=O) groups excluding carboxylic acids is 2. The van der Waals surface area contributed by atoms with Gasteiger partial charge in [0.1, 0.15) is 17.4 Å². The topological polar surface area (TPSA) is 58.6 Å². The van der Waals surface area contributed by atoms with Crippen LogP contribution in [0.2, 0.25) is 0 Å². The van der Waals surface area contributed by atoms with Crippen molar-refractivity contribution in [1.82, 2.24) is 10.2 Å². The van der Waals surface area contributed by atoms with E-state index in [0.29, 0.717) is 30.8 Å². The van der Waals surface area contributed by atoms with Crippen LogP contribution in [0, 0.1) is 0 Å². The number of allylic oxidation sites excluding steroid dienone is 1. The highest BCUT2D eigenvalue weighted by Crippen LogP contribution is 2.27. The highest BCUT2D eigenvalue weighted by Gasteiger charge is 2.36. The number of hydrogen-bond acceptors (Lipinski definition) is 3. The van der Waals surface area contributed by atoms with Gasteiger partial charge in [-0.1, -0.05) is 6.58 Å². The van der Waals surface area contributed by atoms with Crippen molar-refractivity contribution in [3.05, 3.63) is 35.6 Å². The van der Waals surface area contributed by atoms with E-state index >= 15 is 0 Å². The van der Waals surface area contributed by atoms with Crippen molar-refractivity contribution < 1.29 is 14.3 Å². The summed E-state index contributed by atoms with van der Waals surface area (Å²) in [6, 6.07) is -0.368. The summed E-state index contributed by atoms with van der Waals surface area (Å²) in [5.41, 5.74) is 1.22. The standard InChI is InChI=1S/C18H26N2O3/c1-6-14(23-18(3,4)5)10-13-11-20(17(22)12(13)2)15-8-7-9-19-16(15)21/h6,10,15H,1,7-9,11H2,2-5H3,(H,19,21)/b14-10+. The van der Waals surface area contributed by atoms with E-state index in [4.69, 9.17) is 4.74 Å². The van der Waals surface area contributed by atoms with Crippen molar-refractivity contribution in [2.75, 3.05) is 13.1 Å². The molecule has 0 spiro atoms. The molecule has 2 amide bonds. The molecule has 1 saturated heterocycles. The van der Waals surface area contributed by atoms with Crippen LogP contribution in [-0.2, 0) is 14.3 Å². The fourth-order valence-corrected chi connectivity index (χ4v) is 2.84.